The molecule has 90 valence electrons. The summed E-state index contributed by atoms with van der Waals surface area (Å²) in [6, 6.07) is 9.34. The van der Waals surface area contributed by atoms with Gasteiger partial charge in [-0.2, -0.15) is 0 Å². The number of aryl methyl sites for hydroxylation is 1. The molecule has 0 aliphatic rings. The number of aromatic nitrogens is 1. The Hall–Kier alpha value is -2.07. The smallest absolute Gasteiger partial charge is 0.199 e. The fourth-order valence-corrected chi connectivity index (χ4v) is 2.99. The Labute approximate surface area is 107 Å². The third kappa shape index (κ3) is 1.62. The van der Waals surface area contributed by atoms with E-state index in [9.17, 15) is 9.90 Å². The van der Waals surface area contributed by atoms with Crippen LogP contribution in [-0.2, 0) is 0 Å². The van der Waals surface area contributed by atoms with Crippen LogP contribution < -0.4 is 5.43 Å². The largest absolute Gasteiger partial charge is 0.504 e. The maximum absolute atomic E-state index is 11.7. The molecule has 18 heavy (non-hydrogen) atoms. The first-order valence-electron chi connectivity index (χ1n) is 5.57. The van der Waals surface area contributed by atoms with Gasteiger partial charge >= 0.3 is 0 Å². The Bertz CT molecular complexity index is 769. The van der Waals surface area contributed by atoms with Crippen molar-refractivity contribution in [1.82, 2.24) is 4.98 Å². The van der Waals surface area contributed by atoms with Crippen molar-refractivity contribution in [3.8, 4) is 16.2 Å². The molecule has 0 aliphatic heterocycles. The van der Waals surface area contributed by atoms with Crippen molar-refractivity contribution in [3.63, 3.8) is 0 Å². The van der Waals surface area contributed by atoms with E-state index in [0.717, 1.165) is 16.0 Å². The van der Waals surface area contributed by atoms with Gasteiger partial charge in [-0.05, 0) is 12.5 Å². The summed E-state index contributed by atoms with van der Waals surface area (Å²) in [5.74, 6) is 0.150. The molecule has 0 saturated heterocycles. The summed E-state index contributed by atoms with van der Waals surface area (Å²) >= 11 is 1.32. The zero-order valence-electron chi connectivity index (χ0n) is 9.73. The second kappa shape index (κ2) is 3.99. The maximum Gasteiger partial charge on any atom is 0.199 e. The van der Waals surface area contributed by atoms with E-state index < -0.39 is 0 Å². The number of aromatic hydroxyl groups is 1. The van der Waals surface area contributed by atoms with Crippen LogP contribution in [0.4, 0.5) is 0 Å². The predicted octanol–water partition coefficient (Wildman–Crippen LogP) is 3.27. The summed E-state index contributed by atoms with van der Waals surface area (Å²) in [4.78, 5) is 15.4. The number of benzene rings is 1. The second-order valence-corrected chi connectivity index (χ2v) is 5.21. The number of hydrogen-bond acceptors (Lipinski definition) is 3. The van der Waals surface area contributed by atoms with Gasteiger partial charge in [0, 0.05) is 12.3 Å². The Morgan fingerprint density at radius 2 is 1.89 bits per heavy atom. The molecule has 2 N–H and O–H groups in total. The van der Waals surface area contributed by atoms with Crippen LogP contribution in [0.1, 0.15) is 5.56 Å². The number of fused-ring (bicyclic) bond motifs is 1. The van der Waals surface area contributed by atoms with Gasteiger partial charge in [-0.25, -0.2) is 0 Å². The first kappa shape index (κ1) is 11.0. The van der Waals surface area contributed by atoms with Gasteiger partial charge in [0.25, 0.3) is 0 Å². The molecule has 0 radical (unpaired) electrons. The summed E-state index contributed by atoms with van der Waals surface area (Å²) in [5.41, 5.74) is 2.54. The lowest BCUT2D eigenvalue weighted by molar-refractivity contribution is 0.484. The fourth-order valence-electron chi connectivity index (χ4n) is 1.91. The second-order valence-electron chi connectivity index (χ2n) is 4.19. The summed E-state index contributed by atoms with van der Waals surface area (Å²) in [6.07, 6.45) is 1.55. The van der Waals surface area contributed by atoms with Crippen LogP contribution in [0.15, 0.2) is 41.3 Å². The molecule has 0 fully saturated rings. The van der Waals surface area contributed by atoms with E-state index in [4.69, 9.17) is 0 Å². The summed E-state index contributed by atoms with van der Waals surface area (Å²) in [5, 5.41) is 10.2. The van der Waals surface area contributed by atoms with Gasteiger partial charge < -0.3 is 10.1 Å². The molecule has 1 aromatic carbocycles. The molecule has 0 atom stereocenters. The van der Waals surface area contributed by atoms with Crippen LogP contribution in [-0.4, -0.2) is 10.1 Å². The van der Waals surface area contributed by atoms with Crippen molar-refractivity contribution in [3.05, 3.63) is 52.3 Å². The highest BCUT2D eigenvalue weighted by Crippen LogP contribution is 2.41. The third-order valence-corrected chi connectivity index (χ3v) is 4.13. The molecule has 2 heterocycles. The minimum atomic E-state index is -0.0672. The minimum Gasteiger partial charge on any atom is -0.504 e. The molecule has 4 heteroatoms. The molecule has 2 aromatic heterocycles. The lowest BCUT2D eigenvalue weighted by Gasteiger charge is -1.99. The average molecular weight is 257 g/mol. The lowest BCUT2D eigenvalue weighted by atomic mass is 10.1. The van der Waals surface area contributed by atoms with Crippen LogP contribution in [0, 0.1) is 6.92 Å². The van der Waals surface area contributed by atoms with Gasteiger partial charge in [0.05, 0.1) is 4.88 Å². The van der Waals surface area contributed by atoms with Gasteiger partial charge in [0.15, 0.2) is 11.2 Å². The quantitative estimate of drug-likeness (QED) is 0.703. The molecular weight excluding hydrogens is 246 g/mol. The highest BCUT2D eigenvalue weighted by atomic mass is 32.1. The van der Waals surface area contributed by atoms with Crippen molar-refractivity contribution in [2.75, 3.05) is 0 Å². The SMILES string of the molecule is Cc1ccc(-c2sc3c(=O)cc[nH]c3c2O)cc1. The van der Waals surface area contributed by atoms with E-state index in [1.165, 1.54) is 17.4 Å². The first-order valence-corrected chi connectivity index (χ1v) is 6.38. The lowest BCUT2D eigenvalue weighted by Crippen LogP contribution is -1.95. The number of aromatic amines is 1. The zero-order valence-corrected chi connectivity index (χ0v) is 10.5. The molecule has 3 nitrogen and oxygen atoms in total. The van der Waals surface area contributed by atoms with Gasteiger partial charge in [-0.3, -0.25) is 4.79 Å². The van der Waals surface area contributed by atoms with E-state index in [1.807, 2.05) is 31.2 Å². The molecule has 0 bridgehead atoms. The Morgan fingerprint density at radius 1 is 1.17 bits per heavy atom. The Morgan fingerprint density at radius 3 is 2.56 bits per heavy atom. The Kier molecular flexibility index (Phi) is 2.45. The number of pyridine rings is 1. The zero-order chi connectivity index (χ0) is 12.7. The van der Waals surface area contributed by atoms with Crippen molar-refractivity contribution in [1.29, 1.82) is 0 Å². The number of thiophene rings is 1. The maximum atomic E-state index is 11.7. The minimum absolute atomic E-state index is 0.0672. The number of rotatable bonds is 1. The molecule has 0 amide bonds. The third-order valence-electron chi connectivity index (χ3n) is 2.88. The van der Waals surface area contributed by atoms with Crippen LogP contribution in [0.2, 0.25) is 0 Å². The summed E-state index contributed by atoms with van der Waals surface area (Å²) < 4.78 is 0.561. The normalized spacial score (nSPS) is 10.9. The highest BCUT2D eigenvalue weighted by molar-refractivity contribution is 7.22. The summed E-state index contributed by atoms with van der Waals surface area (Å²) in [6.45, 7) is 2.01. The molecule has 0 aliphatic carbocycles. The van der Waals surface area contributed by atoms with Gasteiger partial charge in [-0.15, -0.1) is 11.3 Å². The Balaban J connectivity index is 2.30. The predicted molar refractivity (Wildman–Crippen MR) is 74.3 cm³/mol. The number of nitrogens with one attached hydrogen (secondary N) is 1. The van der Waals surface area contributed by atoms with E-state index in [-0.39, 0.29) is 11.2 Å². The van der Waals surface area contributed by atoms with Crippen molar-refractivity contribution in [2.24, 2.45) is 0 Å². The van der Waals surface area contributed by atoms with Crippen molar-refractivity contribution < 1.29 is 5.11 Å². The van der Waals surface area contributed by atoms with Crippen LogP contribution >= 0.6 is 11.3 Å². The van der Waals surface area contributed by atoms with E-state index in [1.54, 1.807) is 6.20 Å². The van der Waals surface area contributed by atoms with E-state index in [0.29, 0.717) is 10.2 Å². The van der Waals surface area contributed by atoms with Crippen LogP contribution in [0.5, 0.6) is 5.75 Å². The number of H-pyrrole nitrogens is 1. The van der Waals surface area contributed by atoms with Gasteiger partial charge in [0.1, 0.15) is 10.2 Å². The topological polar surface area (TPSA) is 53.1 Å². The van der Waals surface area contributed by atoms with Gasteiger partial charge in [0.2, 0.25) is 0 Å². The molecule has 0 spiro atoms. The first-order chi connectivity index (χ1) is 8.66. The van der Waals surface area contributed by atoms with E-state index in [2.05, 4.69) is 4.98 Å². The van der Waals surface area contributed by atoms with Crippen molar-refractivity contribution in [2.45, 2.75) is 6.92 Å². The van der Waals surface area contributed by atoms with Crippen molar-refractivity contribution >= 4 is 21.6 Å². The van der Waals surface area contributed by atoms with Crippen LogP contribution in [0.3, 0.4) is 0 Å². The molecular formula is C14H11NO2S. The number of hydrogen-bond donors (Lipinski definition) is 2. The molecule has 0 unspecified atom stereocenters. The molecule has 3 rings (SSSR count). The monoisotopic (exact) mass is 257 g/mol. The van der Waals surface area contributed by atoms with Crippen LogP contribution in [0.25, 0.3) is 20.7 Å². The average Bonchev–Trinajstić information content (AvgIpc) is 2.70. The highest BCUT2D eigenvalue weighted by Gasteiger charge is 2.14. The molecule has 0 saturated carbocycles. The van der Waals surface area contributed by atoms with E-state index >= 15 is 0 Å². The molecule has 3 aromatic rings. The fraction of sp³-hybridized carbons (Fsp3) is 0.0714. The van der Waals surface area contributed by atoms with Gasteiger partial charge in [-0.1, -0.05) is 29.8 Å². The standard InChI is InChI=1S/C14H11NO2S/c1-8-2-4-9(5-3-8)13-12(17)11-14(18-13)10(16)6-7-15-11/h2-7,17H,1H3,(H,15,16). The summed E-state index contributed by atoms with van der Waals surface area (Å²) in [7, 11) is 0.